The first-order valence-corrected chi connectivity index (χ1v) is 4.93. The van der Waals surface area contributed by atoms with E-state index in [1.165, 1.54) is 0 Å². The zero-order valence-electron chi connectivity index (χ0n) is 8.98. The highest BCUT2D eigenvalue weighted by molar-refractivity contribution is 5.99. The molecule has 6 heteroatoms. The van der Waals surface area contributed by atoms with E-state index in [1.54, 1.807) is 24.3 Å². The number of nitrogens with zero attached hydrogens (tertiary/aromatic N) is 1. The summed E-state index contributed by atoms with van der Waals surface area (Å²) in [5, 5.41) is 0. The van der Waals surface area contributed by atoms with Crippen LogP contribution in [0.25, 0.3) is 0 Å². The highest BCUT2D eigenvalue weighted by atomic mass is 19.3. The number of rotatable bonds is 3. The smallest absolute Gasteiger partial charge is 0.293 e. The molecule has 0 fully saturated rings. The molecule has 1 atom stereocenters. The average Bonchev–Trinajstić information content (AvgIpc) is 2.78. The average molecular weight is 240 g/mol. The van der Waals surface area contributed by atoms with Gasteiger partial charge >= 0.3 is 0 Å². The highest BCUT2D eigenvalue weighted by Crippen LogP contribution is 2.24. The van der Waals surface area contributed by atoms with Crippen LogP contribution in [-0.4, -0.2) is 24.3 Å². The van der Waals surface area contributed by atoms with E-state index in [0.717, 1.165) is 6.92 Å². The molecule has 1 aliphatic rings. The van der Waals surface area contributed by atoms with Crippen molar-refractivity contribution in [3.63, 3.8) is 0 Å². The molecule has 0 spiro atoms. The third-order valence-electron chi connectivity index (χ3n) is 2.27. The molecule has 1 heterocycles. The fraction of sp³-hybridized carbons (Fsp3) is 0.273. The molecule has 1 aliphatic heterocycles. The molecule has 0 aliphatic carbocycles. The Labute approximate surface area is 96.3 Å². The first kappa shape index (κ1) is 11.7. The molecule has 0 radical (unpaired) electrons. The minimum absolute atomic E-state index is 0.231. The van der Waals surface area contributed by atoms with Crippen LogP contribution in [0.4, 0.5) is 8.78 Å². The fourth-order valence-corrected chi connectivity index (χ4v) is 1.35. The number of aldehydes is 1. The Bertz CT molecular complexity index is 452. The molecular formula is C11H10F2N2O2. The fourth-order valence-electron chi connectivity index (χ4n) is 1.35. The Balaban J connectivity index is 2.21. The van der Waals surface area contributed by atoms with Crippen molar-refractivity contribution >= 4 is 12.1 Å². The second kappa shape index (κ2) is 4.21. The topological polar surface area (TPSA) is 50.7 Å². The lowest BCUT2D eigenvalue weighted by Gasteiger charge is -2.12. The van der Waals surface area contributed by atoms with Gasteiger partial charge in [-0.2, -0.15) is 0 Å². The lowest BCUT2D eigenvalue weighted by atomic mass is 10.1. The summed E-state index contributed by atoms with van der Waals surface area (Å²) < 4.78 is 25.8. The van der Waals surface area contributed by atoms with Crippen molar-refractivity contribution in [2.45, 2.75) is 19.1 Å². The zero-order chi connectivity index (χ0) is 12.5. The van der Waals surface area contributed by atoms with Gasteiger partial charge in [0.05, 0.1) is 0 Å². The Morgan fingerprint density at radius 1 is 1.41 bits per heavy atom. The van der Waals surface area contributed by atoms with Crippen molar-refractivity contribution in [3.8, 4) is 0 Å². The van der Waals surface area contributed by atoms with E-state index in [4.69, 9.17) is 0 Å². The molecule has 0 aromatic heterocycles. The summed E-state index contributed by atoms with van der Waals surface area (Å²) in [5.74, 6) is -2.81. The summed E-state index contributed by atoms with van der Waals surface area (Å²) in [6, 6.07) is 6.36. The summed E-state index contributed by atoms with van der Waals surface area (Å²) in [7, 11) is 0. The molecule has 17 heavy (non-hydrogen) atoms. The van der Waals surface area contributed by atoms with Gasteiger partial charge < -0.3 is 0 Å². The molecule has 4 nitrogen and oxygen atoms in total. The van der Waals surface area contributed by atoms with E-state index < -0.39 is 12.2 Å². The van der Waals surface area contributed by atoms with Crippen molar-refractivity contribution in [3.05, 3.63) is 35.4 Å². The number of alkyl halides is 2. The van der Waals surface area contributed by atoms with Crippen LogP contribution in [-0.2, 0) is 4.84 Å². The third kappa shape index (κ3) is 2.47. The standard InChI is InChI=1S/C11H10F2N2O2/c1-11(12,13)10-14-9(15-17-10)8-4-2-7(6-16)3-5-8/h2-6,10H,1H3,(H,14,15). The van der Waals surface area contributed by atoms with Gasteiger partial charge in [-0.1, -0.05) is 24.3 Å². The van der Waals surface area contributed by atoms with E-state index in [0.29, 0.717) is 17.4 Å². The minimum Gasteiger partial charge on any atom is -0.298 e. The molecule has 0 saturated carbocycles. The van der Waals surface area contributed by atoms with Crippen molar-refractivity contribution < 1.29 is 18.4 Å². The van der Waals surface area contributed by atoms with E-state index in [2.05, 4.69) is 15.3 Å². The number of nitrogens with one attached hydrogen (secondary N) is 1. The Morgan fingerprint density at radius 2 is 2.06 bits per heavy atom. The van der Waals surface area contributed by atoms with Crippen molar-refractivity contribution in [1.82, 2.24) is 5.48 Å². The molecule has 2 rings (SSSR count). The van der Waals surface area contributed by atoms with Gasteiger partial charge in [0.25, 0.3) is 5.92 Å². The second-order valence-electron chi connectivity index (χ2n) is 3.75. The minimum atomic E-state index is -3.04. The van der Waals surface area contributed by atoms with E-state index in [1.807, 2.05) is 0 Å². The Morgan fingerprint density at radius 3 is 2.53 bits per heavy atom. The molecule has 1 N–H and O–H groups in total. The van der Waals surface area contributed by atoms with Gasteiger partial charge in [0, 0.05) is 18.1 Å². The van der Waals surface area contributed by atoms with E-state index in [9.17, 15) is 13.6 Å². The number of halogens is 2. The van der Waals surface area contributed by atoms with Crippen molar-refractivity contribution in [2.75, 3.05) is 0 Å². The number of benzene rings is 1. The number of carbonyl (C=O) groups is 1. The molecular weight excluding hydrogens is 230 g/mol. The van der Waals surface area contributed by atoms with Crippen LogP contribution in [0.1, 0.15) is 22.8 Å². The van der Waals surface area contributed by atoms with Gasteiger partial charge in [-0.25, -0.2) is 24.1 Å². The van der Waals surface area contributed by atoms with Gasteiger partial charge in [-0.3, -0.25) is 4.79 Å². The number of hydroxylamine groups is 1. The van der Waals surface area contributed by atoms with Crippen molar-refractivity contribution in [2.24, 2.45) is 4.99 Å². The maximum absolute atomic E-state index is 12.9. The number of aliphatic imine (C=N–C) groups is 1. The van der Waals surface area contributed by atoms with Crippen LogP contribution < -0.4 is 5.48 Å². The lowest BCUT2D eigenvalue weighted by molar-refractivity contribution is -0.127. The van der Waals surface area contributed by atoms with Crippen LogP contribution in [0, 0.1) is 0 Å². The summed E-state index contributed by atoms with van der Waals surface area (Å²) in [6.07, 6.45) is -0.823. The van der Waals surface area contributed by atoms with Crippen LogP contribution >= 0.6 is 0 Å². The number of carbonyl (C=O) groups excluding carboxylic acids is 1. The predicted molar refractivity (Wildman–Crippen MR) is 57.0 cm³/mol. The first-order valence-electron chi connectivity index (χ1n) is 4.93. The molecule has 0 saturated heterocycles. The normalized spacial score (nSPS) is 19.7. The first-order chi connectivity index (χ1) is 8.00. The largest absolute Gasteiger partial charge is 0.298 e. The van der Waals surface area contributed by atoms with Crippen LogP contribution in [0.3, 0.4) is 0 Å². The quantitative estimate of drug-likeness (QED) is 0.819. The lowest BCUT2D eigenvalue weighted by Crippen LogP contribution is -2.30. The van der Waals surface area contributed by atoms with Gasteiger partial charge in [0.1, 0.15) is 6.29 Å². The second-order valence-corrected chi connectivity index (χ2v) is 3.75. The molecule has 1 aromatic carbocycles. The van der Waals surface area contributed by atoms with Crippen molar-refractivity contribution in [1.29, 1.82) is 0 Å². The summed E-state index contributed by atoms with van der Waals surface area (Å²) in [6.45, 7) is 0.737. The predicted octanol–water partition coefficient (Wildman–Crippen LogP) is 1.76. The Kier molecular flexibility index (Phi) is 2.89. The maximum atomic E-state index is 12.9. The van der Waals surface area contributed by atoms with Gasteiger partial charge in [-0.05, 0) is 0 Å². The summed E-state index contributed by atoms with van der Waals surface area (Å²) >= 11 is 0. The van der Waals surface area contributed by atoms with Gasteiger partial charge in [0.15, 0.2) is 5.84 Å². The summed E-state index contributed by atoms with van der Waals surface area (Å²) in [4.78, 5) is 18.9. The third-order valence-corrected chi connectivity index (χ3v) is 2.27. The monoisotopic (exact) mass is 240 g/mol. The SMILES string of the molecule is CC(F)(F)C1N=C(c2ccc(C=O)cc2)NO1. The van der Waals surface area contributed by atoms with E-state index in [-0.39, 0.29) is 5.84 Å². The summed E-state index contributed by atoms with van der Waals surface area (Å²) in [5.41, 5.74) is 3.44. The maximum Gasteiger partial charge on any atom is 0.293 e. The van der Waals surface area contributed by atoms with Crippen LogP contribution in [0.2, 0.25) is 0 Å². The number of amidine groups is 1. The molecule has 0 amide bonds. The van der Waals surface area contributed by atoms with Crippen LogP contribution in [0.5, 0.6) is 0 Å². The van der Waals surface area contributed by atoms with Gasteiger partial charge in [0.2, 0.25) is 6.23 Å². The number of hydrogen-bond acceptors (Lipinski definition) is 4. The number of hydrogen-bond donors (Lipinski definition) is 1. The molecule has 0 bridgehead atoms. The van der Waals surface area contributed by atoms with E-state index >= 15 is 0 Å². The zero-order valence-corrected chi connectivity index (χ0v) is 8.98. The molecule has 1 unspecified atom stereocenters. The molecule has 90 valence electrons. The highest BCUT2D eigenvalue weighted by Gasteiger charge is 2.39. The van der Waals surface area contributed by atoms with Crippen LogP contribution in [0.15, 0.2) is 29.3 Å². The Hall–Kier alpha value is -1.82. The molecule has 1 aromatic rings. The van der Waals surface area contributed by atoms with Gasteiger partial charge in [-0.15, -0.1) is 0 Å².